The van der Waals surface area contributed by atoms with E-state index in [9.17, 15) is 9.18 Å². The number of nitrogens with one attached hydrogen (secondary N) is 1. The number of aromatic nitrogens is 1. The van der Waals surface area contributed by atoms with Gasteiger partial charge in [-0.25, -0.2) is 0 Å². The Labute approximate surface area is 184 Å². The number of hydrogen-bond donors (Lipinski definition) is 1. The van der Waals surface area contributed by atoms with Crippen LogP contribution in [0.2, 0.25) is 0 Å². The van der Waals surface area contributed by atoms with Crippen molar-refractivity contribution in [3.05, 3.63) is 88.0 Å². The summed E-state index contributed by atoms with van der Waals surface area (Å²) in [6, 6.07) is 19.2. The zero-order valence-corrected chi connectivity index (χ0v) is 17.6. The number of H-pyrrole nitrogens is 1. The molecule has 4 aromatic rings. The molecule has 164 valence electrons. The maximum absolute atomic E-state index is 14.6. The Kier molecular flexibility index (Phi) is 5.41. The number of likely N-dealkylation sites (tertiary alicyclic amines) is 1. The van der Waals surface area contributed by atoms with Crippen molar-refractivity contribution in [2.24, 2.45) is 0 Å². The van der Waals surface area contributed by atoms with Gasteiger partial charge in [-0.1, -0.05) is 24.3 Å². The first-order valence-corrected chi connectivity index (χ1v) is 10.6. The van der Waals surface area contributed by atoms with Crippen molar-refractivity contribution in [2.75, 3.05) is 13.7 Å². The largest absolute Gasteiger partial charge is 0.497 e. The summed E-state index contributed by atoms with van der Waals surface area (Å²) >= 11 is 0. The van der Waals surface area contributed by atoms with Crippen molar-refractivity contribution >= 4 is 11.0 Å². The van der Waals surface area contributed by atoms with Gasteiger partial charge in [-0.05, 0) is 66.9 Å². The molecule has 32 heavy (non-hydrogen) atoms. The van der Waals surface area contributed by atoms with Crippen LogP contribution in [-0.4, -0.2) is 23.7 Å². The highest BCUT2D eigenvalue weighted by Gasteiger charge is 2.26. The topological polar surface area (TPSA) is 67.7 Å². The lowest BCUT2D eigenvalue weighted by molar-refractivity contribution is 0.248. The van der Waals surface area contributed by atoms with Gasteiger partial charge >= 0.3 is 0 Å². The predicted molar refractivity (Wildman–Crippen MR) is 119 cm³/mol. The van der Waals surface area contributed by atoms with E-state index in [4.69, 9.17) is 14.0 Å². The first-order chi connectivity index (χ1) is 15.6. The molecule has 5 rings (SSSR count). The molecule has 3 aromatic carbocycles. The maximum atomic E-state index is 14.6. The fraction of sp³-hybridized carbons (Fsp3) is 0.240. The first-order valence-electron chi connectivity index (χ1n) is 10.6. The van der Waals surface area contributed by atoms with Crippen LogP contribution in [0, 0.1) is 5.82 Å². The molecule has 1 atom stereocenters. The molecule has 1 aromatic heterocycles. The molecule has 7 heteroatoms. The zero-order valence-electron chi connectivity index (χ0n) is 17.6. The van der Waals surface area contributed by atoms with Crippen molar-refractivity contribution < 1.29 is 18.4 Å². The second kappa shape index (κ2) is 8.51. The Morgan fingerprint density at radius 3 is 2.56 bits per heavy atom. The Bertz CT molecular complexity index is 1280. The molecule has 0 bridgehead atoms. The molecule has 0 saturated carbocycles. The van der Waals surface area contributed by atoms with E-state index in [0.29, 0.717) is 11.8 Å². The number of methoxy groups -OCH3 is 1. The molecule has 6 nitrogen and oxygen atoms in total. The number of benzene rings is 3. The summed E-state index contributed by atoms with van der Waals surface area (Å²) < 4.78 is 30.4. The number of aromatic amines is 1. The number of nitrogens with zero attached hydrogens (tertiary/aromatic N) is 1. The van der Waals surface area contributed by atoms with E-state index in [2.05, 4.69) is 22.2 Å². The lowest BCUT2D eigenvalue weighted by Crippen LogP contribution is -2.22. The quantitative estimate of drug-likeness (QED) is 0.440. The van der Waals surface area contributed by atoms with Gasteiger partial charge in [0.1, 0.15) is 11.5 Å². The average molecular weight is 434 g/mol. The molecule has 1 aliphatic rings. The third-order valence-corrected chi connectivity index (χ3v) is 5.95. The van der Waals surface area contributed by atoms with E-state index in [1.807, 2.05) is 36.4 Å². The highest BCUT2D eigenvalue weighted by atomic mass is 19.1. The summed E-state index contributed by atoms with van der Waals surface area (Å²) in [4.78, 5) is 14.0. The molecule has 1 N–H and O–H groups in total. The van der Waals surface area contributed by atoms with Crippen LogP contribution in [0.3, 0.4) is 0 Å². The lowest BCUT2D eigenvalue weighted by Gasteiger charge is -2.25. The second-order valence-corrected chi connectivity index (χ2v) is 7.94. The Morgan fingerprint density at radius 2 is 1.81 bits per heavy atom. The SMILES string of the molecule is COc1ccc(C2CCCN2Cc2ccc(Oc3ccc4c(=O)[nH]oc4c3F)cc2)cc1. The van der Waals surface area contributed by atoms with Crippen LogP contribution < -0.4 is 15.0 Å². The van der Waals surface area contributed by atoms with Crippen molar-refractivity contribution in [3.8, 4) is 17.2 Å². The van der Waals surface area contributed by atoms with Gasteiger partial charge in [0, 0.05) is 12.6 Å². The normalized spacial score (nSPS) is 16.5. The fourth-order valence-corrected chi connectivity index (χ4v) is 4.29. The molecule has 1 fully saturated rings. The fourth-order valence-electron chi connectivity index (χ4n) is 4.29. The van der Waals surface area contributed by atoms with E-state index < -0.39 is 11.4 Å². The second-order valence-electron chi connectivity index (χ2n) is 7.94. The minimum absolute atomic E-state index is 0.00659. The number of hydrogen-bond acceptors (Lipinski definition) is 5. The molecule has 1 unspecified atom stereocenters. The van der Waals surface area contributed by atoms with Gasteiger partial charge in [0.2, 0.25) is 11.4 Å². The van der Waals surface area contributed by atoms with Crippen LogP contribution in [0.15, 0.2) is 70.0 Å². The molecule has 0 aliphatic carbocycles. The summed E-state index contributed by atoms with van der Waals surface area (Å²) in [6.45, 7) is 1.87. The van der Waals surface area contributed by atoms with E-state index >= 15 is 0 Å². The monoisotopic (exact) mass is 434 g/mol. The van der Waals surface area contributed by atoms with E-state index in [-0.39, 0.29) is 16.7 Å². The van der Waals surface area contributed by atoms with Crippen molar-refractivity contribution in [2.45, 2.75) is 25.4 Å². The van der Waals surface area contributed by atoms with Crippen LogP contribution in [0.4, 0.5) is 4.39 Å². The van der Waals surface area contributed by atoms with Gasteiger partial charge in [-0.15, -0.1) is 0 Å². The molecule has 0 spiro atoms. The number of fused-ring (bicyclic) bond motifs is 1. The molecule has 1 aliphatic heterocycles. The zero-order chi connectivity index (χ0) is 22.1. The molecule has 2 heterocycles. The van der Waals surface area contributed by atoms with Gasteiger partial charge in [-0.2, -0.15) is 9.55 Å². The van der Waals surface area contributed by atoms with Gasteiger partial charge in [0.05, 0.1) is 12.5 Å². The van der Waals surface area contributed by atoms with Gasteiger partial charge < -0.3 is 14.0 Å². The van der Waals surface area contributed by atoms with Crippen LogP contribution in [0.1, 0.15) is 30.0 Å². The van der Waals surface area contributed by atoms with E-state index in [1.165, 1.54) is 17.7 Å². The average Bonchev–Trinajstić information content (AvgIpc) is 3.44. The minimum atomic E-state index is -0.704. The van der Waals surface area contributed by atoms with Gasteiger partial charge in [0.25, 0.3) is 5.56 Å². The summed E-state index contributed by atoms with van der Waals surface area (Å²) in [7, 11) is 1.68. The number of rotatable bonds is 6. The Balaban J connectivity index is 1.28. The standard InChI is InChI=1S/C25H23FN2O4/c1-30-18-10-6-17(7-11-18)21-3-2-14-28(21)15-16-4-8-19(9-5-16)31-22-13-12-20-24(23(22)26)32-27-25(20)29/h4-13,21H,2-3,14-15H2,1H3,(H,27,29). The number of ether oxygens (including phenoxy) is 2. The molecular formula is C25H23FN2O4. The van der Waals surface area contributed by atoms with E-state index in [0.717, 1.165) is 37.2 Å². The molecule has 1 saturated heterocycles. The van der Waals surface area contributed by atoms with Crippen LogP contribution in [-0.2, 0) is 6.54 Å². The maximum Gasteiger partial charge on any atom is 0.287 e. The smallest absolute Gasteiger partial charge is 0.287 e. The number of halogens is 1. The van der Waals surface area contributed by atoms with Crippen LogP contribution in [0.5, 0.6) is 17.2 Å². The summed E-state index contributed by atoms with van der Waals surface area (Å²) in [5.41, 5.74) is 1.85. The highest BCUT2D eigenvalue weighted by molar-refractivity contribution is 5.78. The first kappa shape index (κ1) is 20.3. The van der Waals surface area contributed by atoms with Crippen molar-refractivity contribution in [3.63, 3.8) is 0 Å². The van der Waals surface area contributed by atoms with Crippen molar-refractivity contribution in [1.82, 2.24) is 10.1 Å². The summed E-state index contributed by atoms with van der Waals surface area (Å²) in [5.74, 6) is 0.678. The van der Waals surface area contributed by atoms with Gasteiger partial charge in [0.15, 0.2) is 5.75 Å². The minimum Gasteiger partial charge on any atom is -0.497 e. The highest BCUT2D eigenvalue weighted by Crippen LogP contribution is 2.34. The Hall–Kier alpha value is -3.58. The Morgan fingerprint density at radius 1 is 1.06 bits per heavy atom. The molecular weight excluding hydrogens is 411 g/mol. The lowest BCUT2D eigenvalue weighted by atomic mass is 10.0. The van der Waals surface area contributed by atoms with Crippen LogP contribution in [0.25, 0.3) is 11.0 Å². The molecule has 0 amide bonds. The van der Waals surface area contributed by atoms with Gasteiger partial charge in [-0.3, -0.25) is 9.69 Å². The van der Waals surface area contributed by atoms with E-state index in [1.54, 1.807) is 7.11 Å². The predicted octanol–water partition coefficient (Wildman–Crippen LogP) is 5.40. The summed E-state index contributed by atoms with van der Waals surface area (Å²) in [5, 5.41) is 2.29. The van der Waals surface area contributed by atoms with Crippen LogP contribution >= 0.6 is 0 Å². The third kappa shape index (κ3) is 3.87. The summed E-state index contributed by atoms with van der Waals surface area (Å²) in [6.07, 6.45) is 2.29. The van der Waals surface area contributed by atoms with Crippen molar-refractivity contribution in [1.29, 1.82) is 0 Å². The third-order valence-electron chi connectivity index (χ3n) is 5.95. The molecule has 0 radical (unpaired) electrons.